The van der Waals surface area contributed by atoms with Crippen LogP contribution < -0.4 is 16.2 Å². The molecule has 0 saturated carbocycles. The van der Waals surface area contributed by atoms with Gasteiger partial charge in [0.05, 0.1) is 6.61 Å². The number of rotatable bonds is 7. The maximum Gasteiger partial charge on any atom is 0.328 e. The highest BCUT2D eigenvalue weighted by Gasteiger charge is 2.05. The minimum atomic E-state index is 0.0372. The van der Waals surface area contributed by atoms with Crippen LogP contribution in [-0.2, 0) is 13.1 Å². The van der Waals surface area contributed by atoms with Gasteiger partial charge in [0.2, 0.25) is 0 Å². The number of ether oxygens (including phenoxy) is 1. The molecule has 0 bridgehead atoms. The quantitative estimate of drug-likeness (QED) is 0.794. The molecule has 21 heavy (non-hydrogen) atoms. The van der Waals surface area contributed by atoms with Gasteiger partial charge in [0.25, 0.3) is 0 Å². The van der Waals surface area contributed by atoms with Crippen LogP contribution in [-0.4, -0.2) is 15.7 Å². The largest absolute Gasteiger partial charge is 0.494 e. The second kappa shape index (κ2) is 7.13. The summed E-state index contributed by atoms with van der Waals surface area (Å²) in [6, 6.07) is 7.96. The topological polar surface area (TPSA) is 62.2 Å². The molecule has 0 atom stereocenters. The van der Waals surface area contributed by atoms with E-state index in [0.29, 0.717) is 19.7 Å². The molecule has 2 aromatic rings. The molecule has 0 saturated heterocycles. The first-order valence-corrected chi connectivity index (χ1v) is 7.31. The molecule has 0 unspecified atom stereocenters. The highest BCUT2D eigenvalue weighted by Crippen LogP contribution is 2.13. The summed E-state index contributed by atoms with van der Waals surface area (Å²) in [6.07, 6.45) is 4.45. The van der Waals surface area contributed by atoms with Crippen LogP contribution in [0.15, 0.2) is 41.5 Å². The molecular weight excluding hydrogens is 266 g/mol. The fourth-order valence-corrected chi connectivity index (χ4v) is 2.18. The van der Waals surface area contributed by atoms with E-state index >= 15 is 0 Å². The molecule has 1 heterocycles. The van der Waals surface area contributed by atoms with Gasteiger partial charge in [-0.25, -0.2) is 4.79 Å². The van der Waals surface area contributed by atoms with E-state index in [1.165, 1.54) is 0 Å². The van der Waals surface area contributed by atoms with Gasteiger partial charge >= 0.3 is 5.69 Å². The minimum Gasteiger partial charge on any atom is -0.494 e. The molecule has 1 aromatic heterocycles. The predicted octanol–water partition coefficient (Wildman–Crippen LogP) is 2.16. The van der Waals surface area contributed by atoms with Crippen LogP contribution in [0.1, 0.15) is 31.9 Å². The summed E-state index contributed by atoms with van der Waals surface area (Å²) >= 11 is 0. The monoisotopic (exact) mass is 289 g/mol. The molecule has 1 aromatic carbocycles. The molecule has 0 spiro atoms. The summed E-state index contributed by atoms with van der Waals surface area (Å²) in [5.74, 6) is 0.824. The Kier molecular flexibility index (Phi) is 5.22. The van der Waals surface area contributed by atoms with E-state index < -0.39 is 0 Å². The second-order valence-electron chi connectivity index (χ2n) is 5.33. The van der Waals surface area contributed by atoms with E-state index in [1.54, 1.807) is 9.13 Å². The van der Waals surface area contributed by atoms with Crippen LogP contribution >= 0.6 is 0 Å². The van der Waals surface area contributed by atoms with Crippen LogP contribution in [0, 0.1) is 0 Å². The molecule has 2 rings (SSSR count). The number of benzene rings is 1. The Morgan fingerprint density at radius 2 is 2.10 bits per heavy atom. The lowest BCUT2D eigenvalue weighted by molar-refractivity contribution is 0.300. The normalized spacial score (nSPS) is 11.0. The number of imidazole rings is 1. The Morgan fingerprint density at radius 1 is 1.29 bits per heavy atom. The Labute approximate surface area is 125 Å². The summed E-state index contributed by atoms with van der Waals surface area (Å²) in [5.41, 5.74) is 6.69. The third kappa shape index (κ3) is 3.98. The highest BCUT2D eigenvalue weighted by atomic mass is 16.5. The van der Waals surface area contributed by atoms with Crippen LogP contribution in [0.3, 0.4) is 0 Å². The lowest BCUT2D eigenvalue weighted by Crippen LogP contribution is -2.25. The fourth-order valence-electron chi connectivity index (χ4n) is 2.18. The van der Waals surface area contributed by atoms with E-state index in [-0.39, 0.29) is 11.7 Å². The van der Waals surface area contributed by atoms with E-state index in [9.17, 15) is 4.79 Å². The van der Waals surface area contributed by atoms with E-state index in [0.717, 1.165) is 17.7 Å². The lowest BCUT2D eigenvalue weighted by Gasteiger charge is -2.08. The van der Waals surface area contributed by atoms with Crippen molar-refractivity contribution in [3.8, 4) is 5.75 Å². The second-order valence-corrected chi connectivity index (χ2v) is 5.33. The smallest absolute Gasteiger partial charge is 0.328 e. The summed E-state index contributed by atoms with van der Waals surface area (Å²) in [5, 5.41) is 0. The standard InChI is InChI=1S/C16H23N3O2/c1-13(2)19-9-8-18(16(19)20)7-4-10-21-15-6-3-5-14(11-15)12-17/h3,5-6,8-9,11,13H,4,7,10,12,17H2,1-2H3. The molecule has 0 radical (unpaired) electrons. The number of aryl methyl sites for hydroxylation is 1. The van der Waals surface area contributed by atoms with Gasteiger partial charge in [-0.1, -0.05) is 12.1 Å². The summed E-state index contributed by atoms with van der Waals surface area (Å²) in [7, 11) is 0. The first-order chi connectivity index (χ1) is 10.1. The van der Waals surface area contributed by atoms with Crippen LogP contribution in [0.2, 0.25) is 0 Å². The number of nitrogens with two attached hydrogens (primary N) is 1. The highest BCUT2D eigenvalue weighted by molar-refractivity contribution is 5.28. The first kappa shape index (κ1) is 15.4. The van der Waals surface area contributed by atoms with E-state index in [4.69, 9.17) is 10.5 Å². The number of hydrogen-bond donors (Lipinski definition) is 1. The van der Waals surface area contributed by atoms with Crippen molar-refractivity contribution in [2.75, 3.05) is 6.61 Å². The molecule has 0 aliphatic rings. The molecular formula is C16H23N3O2. The Bertz CT molecular complexity index is 628. The number of nitrogens with zero attached hydrogens (tertiary/aromatic N) is 2. The van der Waals surface area contributed by atoms with Gasteiger partial charge in [-0.3, -0.25) is 9.13 Å². The van der Waals surface area contributed by atoms with Gasteiger partial charge in [0, 0.05) is 31.5 Å². The molecule has 2 N–H and O–H groups in total. The van der Waals surface area contributed by atoms with Crippen LogP contribution in [0.5, 0.6) is 5.75 Å². The molecule has 0 fully saturated rings. The van der Waals surface area contributed by atoms with Crippen molar-refractivity contribution in [1.29, 1.82) is 0 Å². The number of aromatic nitrogens is 2. The van der Waals surface area contributed by atoms with Crippen LogP contribution in [0.4, 0.5) is 0 Å². The van der Waals surface area contributed by atoms with Crippen molar-refractivity contribution >= 4 is 0 Å². The molecule has 5 nitrogen and oxygen atoms in total. The zero-order valence-corrected chi connectivity index (χ0v) is 12.7. The minimum absolute atomic E-state index is 0.0372. The molecule has 0 aliphatic carbocycles. The Balaban J connectivity index is 1.83. The van der Waals surface area contributed by atoms with Crippen molar-refractivity contribution in [2.24, 2.45) is 5.73 Å². The van der Waals surface area contributed by atoms with Crippen molar-refractivity contribution < 1.29 is 4.74 Å². The first-order valence-electron chi connectivity index (χ1n) is 7.31. The maximum atomic E-state index is 12.0. The third-order valence-corrected chi connectivity index (χ3v) is 3.38. The van der Waals surface area contributed by atoms with Gasteiger partial charge < -0.3 is 10.5 Å². The van der Waals surface area contributed by atoms with Crippen LogP contribution in [0.25, 0.3) is 0 Å². The average molecular weight is 289 g/mol. The van der Waals surface area contributed by atoms with Gasteiger partial charge in [-0.05, 0) is 38.0 Å². The summed E-state index contributed by atoms with van der Waals surface area (Å²) in [6.45, 7) is 5.75. The Morgan fingerprint density at radius 3 is 2.76 bits per heavy atom. The zero-order valence-electron chi connectivity index (χ0n) is 12.7. The molecule has 0 amide bonds. The maximum absolute atomic E-state index is 12.0. The van der Waals surface area contributed by atoms with Crippen molar-refractivity contribution in [2.45, 2.75) is 39.4 Å². The van der Waals surface area contributed by atoms with Crippen molar-refractivity contribution in [3.63, 3.8) is 0 Å². The Hall–Kier alpha value is -2.01. The van der Waals surface area contributed by atoms with Gasteiger partial charge in [-0.15, -0.1) is 0 Å². The summed E-state index contributed by atoms with van der Waals surface area (Å²) in [4.78, 5) is 12.0. The predicted molar refractivity (Wildman–Crippen MR) is 83.5 cm³/mol. The number of hydrogen-bond acceptors (Lipinski definition) is 3. The van der Waals surface area contributed by atoms with E-state index in [1.807, 2.05) is 50.5 Å². The molecule has 5 heteroatoms. The third-order valence-electron chi connectivity index (χ3n) is 3.38. The van der Waals surface area contributed by atoms with Gasteiger partial charge in [0.1, 0.15) is 5.75 Å². The lowest BCUT2D eigenvalue weighted by atomic mass is 10.2. The molecule has 114 valence electrons. The van der Waals surface area contributed by atoms with Gasteiger partial charge in [0.15, 0.2) is 0 Å². The zero-order chi connectivity index (χ0) is 15.2. The SMILES string of the molecule is CC(C)n1ccn(CCCOc2cccc(CN)c2)c1=O. The summed E-state index contributed by atoms with van der Waals surface area (Å²) < 4.78 is 9.14. The van der Waals surface area contributed by atoms with E-state index in [2.05, 4.69) is 0 Å². The van der Waals surface area contributed by atoms with Gasteiger partial charge in [-0.2, -0.15) is 0 Å². The average Bonchev–Trinajstić information content (AvgIpc) is 2.85. The molecule has 0 aliphatic heterocycles. The fraction of sp³-hybridized carbons (Fsp3) is 0.438. The van der Waals surface area contributed by atoms with Crippen molar-refractivity contribution in [1.82, 2.24) is 9.13 Å². The van der Waals surface area contributed by atoms with Crippen molar-refractivity contribution in [3.05, 3.63) is 52.7 Å².